The largest absolute Gasteiger partial charge is 0.493 e. The van der Waals surface area contributed by atoms with Crippen molar-refractivity contribution in [2.45, 2.75) is 13.8 Å². The number of carbonyl (C=O) groups excluding carboxylic acids is 2. The van der Waals surface area contributed by atoms with Gasteiger partial charge in [-0.05, 0) is 42.8 Å². The number of benzene rings is 3. The van der Waals surface area contributed by atoms with Crippen molar-refractivity contribution in [2.75, 3.05) is 18.5 Å². The minimum Gasteiger partial charge on any atom is -0.493 e. The first kappa shape index (κ1) is 20.9. The van der Waals surface area contributed by atoms with Gasteiger partial charge in [0, 0.05) is 5.56 Å². The molecule has 3 aromatic carbocycles. The standard InChI is InChI=1S/C23H23N3O4/c1-3-29-20-14-13-16-9-5-6-10-17(16)18(20)15-24-26-23(28)22(27)25-19-11-7-8-12-21(19)30-4-2/h5-15H,3-4H2,1-2H3,(H,25,27)(H,26,28)/b24-15-. The Kier molecular flexibility index (Phi) is 7.00. The van der Waals surface area contributed by atoms with Crippen molar-refractivity contribution >= 4 is 34.5 Å². The molecule has 2 N–H and O–H groups in total. The van der Waals surface area contributed by atoms with Crippen LogP contribution in [-0.4, -0.2) is 31.2 Å². The molecule has 0 saturated heterocycles. The van der Waals surface area contributed by atoms with Gasteiger partial charge in [-0.3, -0.25) is 9.59 Å². The van der Waals surface area contributed by atoms with E-state index in [0.29, 0.717) is 30.4 Å². The molecule has 0 aliphatic carbocycles. The average molecular weight is 405 g/mol. The van der Waals surface area contributed by atoms with Crippen molar-refractivity contribution in [1.82, 2.24) is 5.43 Å². The van der Waals surface area contributed by atoms with Gasteiger partial charge in [-0.15, -0.1) is 0 Å². The smallest absolute Gasteiger partial charge is 0.329 e. The summed E-state index contributed by atoms with van der Waals surface area (Å²) in [5.41, 5.74) is 3.39. The van der Waals surface area contributed by atoms with Crippen LogP contribution in [0.3, 0.4) is 0 Å². The first-order chi connectivity index (χ1) is 14.6. The van der Waals surface area contributed by atoms with Gasteiger partial charge in [-0.1, -0.05) is 42.5 Å². The zero-order valence-corrected chi connectivity index (χ0v) is 16.8. The summed E-state index contributed by atoms with van der Waals surface area (Å²) in [4.78, 5) is 24.4. The number of fused-ring (bicyclic) bond motifs is 1. The van der Waals surface area contributed by atoms with Gasteiger partial charge in [-0.25, -0.2) is 5.43 Å². The van der Waals surface area contributed by atoms with Crippen molar-refractivity contribution in [1.29, 1.82) is 0 Å². The average Bonchev–Trinajstić information content (AvgIpc) is 2.76. The van der Waals surface area contributed by atoms with Crippen LogP contribution in [0.1, 0.15) is 19.4 Å². The lowest BCUT2D eigenvalue weighted by molar-refractivity contribution is -0.136. The second kappa shape index (κ2) is 10.1. The topological polar surface area (TPSA) is 89.0 Å². The van der Waals surface area contributed by atoms with Crippen LogP contribution in [0, 0.1) is 0 Å². The number of ether oxygens (including phenoxy) is 2. The Hall–Kier alpha value is -3.87. The van der Waals surface area contributed by atoms with Crippen LogP contribution in [0.5, 0.6) is 11.5 Å². The predicted octanol–water partition coefficient (Wildman–Crippen LogP) is 3.73. The molecule has 0 spiro atoms. The zero-order chi connectivity index (χ0) is 21.3. The molecule has 3 aromatic rings. The number of anilines is 1. The van der Waals surface area contributed by atoms with Gasteiger partial charge >= 0.3 is 11.8 Å². The van der Waals surface area contributed by atoms with Crippen molar-refractivity contribution in [3.63, 3.8) is 0 Å². The Morgan fingerprint density at radius 2 is 1.57 bits per heavy atom. The highest BCUT2D eigenvalue weighted by atomic mass is 16.5. The lowest BCUT2D eigenvalue weighted by Crippen LogP contribution is -2.32. The van der Waals surface area contributed by atoms with Gasteiger partial charge in [-0.2, -0.15) is 5.10 Å². The van der Waals surface area contributed by atoms with E-state index in [1.165, 1.54) is 6.21 Å². The monoisotopic (exact) mass is 405 g/mol. The number of nitrogens with zero attached hydrogens (tertiary/aromatic N) is 1. The van der Waals surface area contributed by atoms with E-state index in [9.17, 15) is 9.59 Å². The molecule has 7 heteroatoms. The van der Waals surface area contributed by atoms with Gasteiger partial charge in [0.25, 0.3) is 0 Å². The van der Waals surface area contributed by atoms with E-state index in [-0.39, 0.29) is 0 Å². The molecular weight excluding hydrogens is 382 g/mol. The van der Waals surface area contributed by atoms with E-state index in [4.69, 9.17) is 9.47 Å². The van der Waals surface area contributed by atoms with Gasteiger partial charge in [0.1, 0.15) is 11.5 Å². The van der Waals surface area contributed by atoms with Crippen LogP contribution in [0.4, 0.5) is 5.69 Å². The van der Waals surface area contributed by atoms with Crippen molar-refractivity contribution in [3.8, 4) is 11.5 Å². The number of rotatable bonds is 7. The van der Waals surface area contributed by atoms with Crippen LogP contribution in [-0.2, 0) is 9.59 Å². The number of hydrogen-bond donors (Lipinski definition) is 2. The molecule has 0 heterocycles. The third-order valence-corrected chi connectivity index (χ3v) is 4.23. The second-order valence-corrected chi connectivity index (χ2v) is 6.21. The Balaban J connectivity index is 1.73. The third kappa shape index (κ3) is 4.94. The highest BCUT2D eigenvalue weighted by Gasteiger charge is 2.15. The molecule has 7 nitrogen and oxygen atoms in total. The lowest BCUT2D eigenvalue weighted by atomic mass is 10.0. The van der Waals surface area contributed by atoms with Crippen LogP contribution in [0.2, 0.25) is 0 Å². The molecule has 3 rings (SSSR count). The van der Waals surface area contributed by atoms with E-state index in [0.717, 1.165) is 16.3 Å². The maximum absolute atomic E-state index is 12.2. The normalized spacial score (nSPS) is 10.7. The number of hydrogen-bond acceptors (Lipinski definition) is 5. The molecule has 0 fully saturated rings. The SMILES string of the molecule is CCOc1ccccc1NC(=O)C(=O)N/N=C\c1c(OCC)ccc2ccccc12. The fraction of sp³-hybridized carbons (Fsp3) is 0.174. The fourth-order valence-corrected chi connectivity index (χ4v) is 2.93. The van der Waals surface area contributed by atoms with Crippen molar-refractivity contribution in [3.05, 3.63) is 66.2 Å². The molecule has 0 atom stereocenters. The molecule has 154 valence electrons. The summed E-state index contributed by atoms with van der Waals surface area (Å²) in [5, 5.41) is 8.43. The molecule has 0 bridgehead atoms. The summed E-state index contributed by atoms with van der Waals surface area (Å²) >= 11 is 0. The van der Waals surface area contributed by atoms with E-state index < -0.39 is 11.8 Å². The first-order valence-electron chi connectivity index (χ1n) is 9.64. The summed E-state index contributed by atoms with van der Waals surface area (Å²) < 4.78 is 11.1. The van der Waals surface area contributed by atoms with E-state index in [1.54, 1.807) is 24.3 Å². The molecule has 0 saturated carbocycles. The Labute approximate surface area is 174 Å². The quantitative estimate of drug-likeness (QED) is 0.356. The highest BCUT2D eigenvalue weighted by Crippen LogP contribution is 2.27. The van der Waals surface area contributed by atoms with Gasteiger partial charge in [0.05, 0.1) is 25.1 Å². The third-order valence-electron chi connectivity index (χ3n) is 4.23. The fourth-order valence-electron chi connectivity index (χ4n) is 2.93. The molecule has 2 amide bonds. The number of hydrazone groups is 1. The van der Waals surface area contributed by atoms with E-state index in [2.05, 4.69) is 15.8 Å². The molecule has 0 aliphatic rings. The van der Waals surface area contributed by atoms with Crippen LogP contribution >= 0.6 is 0 Å². The van der Waals surface area contributed by atoms with E-state index >= 15 is 0 Å². The van der Waals surface area contributed by atoms with Gasteiger partial charge < -0.3 is 14.8 Å². The summed E-state index contributed by atoms with van der Waals surface area (Å²) in [6, 6.07) is 18.5. The summed E-state index contributed by atoms with van der Waals surface area (Å²) in [7, 11) is 0. The van der Waals surface area contributed by atoms with E-state index in [1.807, 2.05) is 50.2 Å². The maximum Gasteiger partial charge on any atom is 0.329 e. The molecule has 30 heavy (non-hydrogen) atoms. The first-order valence-corrected chi connectivity index (χ1v) is 9.64. The summed E-state index contributed by atoms with van der Waals surface area (Å²) in [6.45, 7) is 4.66. The molecule has 0 aromatic heterocycles. The highest BCUT2D eigenvalue weighted by molar-refractivity contribution is 6.39. The minimum absolute atomic E-state index is 0.413. The molecule has 0 unspecified atom stereocenters. The maximum atomic E-state index is 12.2. The van der Waals surface area contributed by atoms with Crippen LogP contribution < -0.4 is 20.2 Å². The minimum atomic E-state index is -0.893. The summed E-state index contributed by atoms with van der Waals surface area (Å²) in [5.74, 6) is -0.607. The van der Waals surface area contributed by atoms with Crippen LogP contribution in [0.15, 0.2) is 65.8 Å². The van der Waals surface area contributed by atoms with Crippen LogP contribution in [0.25, 0.3) is 10.8 Å². The van der Waals surface area contributed by atoms with Gasteiger partial charge in [0.15, 0.2) is 0 Å². The number of amides is 2. The van der Waals surface area contributed by atoms with Gasteiger partial charge in [0.2, 0.25) is 0 Å². The predicted molar refractivity (Wildman–Crippen MR) is 117 cm³/mol. The second-order valence-electron chi connectivity index (χ2n) is 6.21. The summed E-state index contributed by atoms with van der Waals surface area (Å²) in [6.07, 6.45) is 1.48. The Bertz CT molecular complexity index is 1080. The van der Waals surface area contributed by atoms with Crippen molar-refractivity contribution < 1.29 is 19.1 Å². The number of nitrogens with one attached hydrogen (secondary N) is 2. The molecular formula is C23H23N3O4. The Morgan fingerprint density at radius 1 is 0.867 bits per heavy atom. The lowest BCUT2D eigenvalue weighted by Gasteiger charge is -2.11. The van der Waals surface area contributed by atoms with Crippen molar-refractivity contribution in [2.24, 2.45) is 5.10 Å². The number of carbonyl (C=O) groups is 2. The number of para-hydroxylation sites is 2. The molecule has 0 aliphatic heterocycles. The molecule has 0 radical (unpaired) electrons. The zero-order valence-electron chi connectivity index (χ0n) is 16.8. The Morgan fingerprint density at radius 3 is 2.37 bits per heavy atom.